The molecule has 0 aliphatic carbocycles. The first kappa shape index (κ1) is 19.9. The van der Waals surface area contributed by atoms with E-state index >= 15 is 0 Å². The van der Waals surface area contributed by atoms with Gasteiger partial charge in [0, 0.05) is 45.8 Å². The molecule has 0 spiro atoms. The number of piperazine rings is 1. The Morgan fingerprint density at radius 3 is 2.34 bits per heavy atom. The van der Waals surface area contributed by atoms with Crippen molar-refractivity contribution in [1.29, 1.82) is 0 Å². The number of benzene rings is 2. The molecule has 29 heavy (non-hydrogen) atoms. The Morgan fingerprint density at radius 2 is 1.59 bits per heavy atom. The van der Waals surface area contributed by atoms with Gasteiger partial charge < -0.3 is 15.1 Å². The fourth-order valence-electron chi connectivity index (χ4n) is 4.50. The molecule has 2 aromatic rings. The highest BCUT2D eigenvalue weighted by Crippen LogP contribution is 2.25. The lowest BCUT2D eigenvalue weighted by Gasteiger charge is -2.40. The van der Waals surface area contributed by atoms with Crippen molar-refractivity contribution in [3.63, 3.8) is 0 Å². The molecule has 1 saturated heterocycles. The maximum Gasteiger partial charge on any atom is 0.254 e. The molecule has 154 valence electrons. The third kappa shape index (κ3) is 4.62. The van der Waals surface area contributed by atoms with Crippen molar-refractivity contribution in [3.8, 4) is 0 Å². The van der Waals surface area contributed by atoms with Crippen molar-refractivity contribution in [2.24, 2.45) is 0 Å². The zero-order valence-corrected chi connectivity index (χ0v) is 17.6. The van der Waals surface area contributed by atoms with Crippen LogP contribution in [0.25, 0.3) is 0 Å². The van der Waals surface area contributed by atoms with Gasteiger partial charge in [-0.05, 0) is 30.5 Å². The van der Waals surface area contributed by atoms with Crippen molar-refractivity contribution >= 4 is 11.6 Å². The molecule has 1 fully saturated rings. The molecule has 2 aliphatic heterocycles. The van der Waals surface area contributed by atoms with Gasteiger partial charge in [0.25, 0.3) is 5.91 Å². The summed E-state index contributed by atoms with van der Waals surface area (Å²) < 4.78 is 0. The first-order chi connectivity index (χ1) is 14.1. The van der Waals surface area contributed by atoms with Gasteiger partial charge in [-0.3, -0.25) is 9.69 Å². The van der Waals surface area contributed by atoms with E-state index in [2.05, 4.69) is 70.3 Å². The first-order valence-electron chi connectivity index (χ1n) is 10.8. The van der Waals surface area contributed by atoms with Gasteiger partial charge in [0.05, 0.1) is 17.4 Å². The molecule has 2 atom stereocenters. The average molecular weight is 393 g/mol. The largest absolute Gasteiger partial charge is 0.350 e. The molecule has 0 radical (unpaired) electrons. The average Bonchev–Trinajstić information content (AvgIpc) is 2.75. The van der Waals surface area contributed by atoms with E-state index in [1.807, 2.05) is 18.2 Å². The van der Waals surface area contributed by atoms with Crippen LogP contribution >= 0.6 is 0 Å². The topological polar surface area (TPSA) is 38.8 Å². The number of hydrogen-bond acceptors (Lipinski definition) is 4. The number of nitrogens with one attached hydrogen (secondary N) is 1. The van der Waals surface area contributed by atoms with Crippen molar-refractivity contribution in [3.05, 3.63) is 65.7 Å². The summed E-state index contributed by atoms with van der Waals surface area (Å²) in [5.74, 6) is 0.600. The standard InChI is InChI=1S/C24H32N4O/c1-19(21-8-4-3-5-9-21)18-27-14-12-26(13-15-27)16-17-28-20(2)25-24(29)22-10-6-7-11-23(22)28/h3-11,19-20H,12-18H2,1-2H3,(H,25,29). The van der Waals surface area contributed by atoms with Crippen molar-refractivity contribution in [1.82, 2.24) is 15.1 Å². The fraction of sp³-hybridized carbons (Fsp3) is 0.458. The van der Waals surface area contributed by atoms with Crippen LogP contribution in [0, 0.1) is 0 Å². The number of hydrogen-bond donors (Lipinski definition) is 1. The summed E-state index contributed by atoms with van der Waals surface area (Å²) in [6.07, 6.45) is 0.0328. The predicted octanol–water partition coefficient (Wildman–Crippen LogP) is 3.00. The van der Waals surface area contributed by atoms with E-state index in [0.29, 0.717) is 5.92 Å². The molecule has 2 heterocycles. The molecule has 1 amide bonds. The zero-order chi connectivity index (χ0) is 20.2. The van der Waals surface area contributed by atoms with Crippen molar-refractivity contribution < 1.29 is 4.79 Å². The van der Waals surface area contributed by atoms with Gasteiger partial charge in [0.1, 0.15) is 0 Å². The predicted molar refractivity (Wildman–Crippen MR) is 118 cm³/mol. The quantitative estimate of drug-likeness (QED) is 0.820. The summed E-state index contributed by atoms with van der Waals surface area (Å²) in [5.41, 5.74) is 3.26. The van der Waals surface area contributed by atoms with E-state index in [1.165, 1.54) is 5.56 Å². The Balaban J connectivity index is 1.27. The van der Waals surface area contributed by atoms with E-state index < -0.39 is 0 Å². The second-order valence-electron chi connectivity index (χ2n) is 8.31. The maximum absolute atomic E-state index is 12.2. The summed E-state index contributed by atoms with van der Waals surface area (Å²) in [4.78, 5) is 19.7. The summed E-state index contributed by atoms with van der Waals surface area (Å²) in [7, 11) is 0. The molecule has 0 bridgehead atoms. The lowest BCUT2D eigenvalue weighted by atomic mass is 10.0. The minimum Gasteiger partial charge on any atom is -0.350 e. The van der Waals surface area contributed by atoms with Gasteiger partial charge in [0.2, 0.25) is 0 Å². The minimum absolute atomic E-state index is 0.0328. The lowest BCUT2D eigenvalue weighted by molar-refractivity contribution is 0.0927. The number of anilines is 1. The van der Waals surface area contributed by atoms with Gasteiger partial charge in [-0.15, -0.1) is 0 Å². The Bertz CT molecular complexity index is 817. The summed E-state index contributed by atoms with van der Waals surface area (Å²) in [6.45, 7) is 11.9. The van der Waals surface area contributed by atoms with Gasteiger partial charge in [-0.25, -0.2) is 0 Å². The van der Waals surface area contributed by atoms with Gasteiger partial charge in [-0.2, -0.15) is 0 Å². The number of amides is 1. The zero-order valence-electron chi connectivity index (χ0n) is 17.6. The van der Waals surface area contributed by atoms with Crippen LogP contribution < -0.4 is 10.2 Å². The number of para-hydroxylation sites is 1. The second-order valence-corrected chi connectivity index (χ2v) is 8.31. The minimum atomic E-state index is 0.0328. The third-order valence-corrected chi connectivity index (χ3v) is 6.29. The van der Waals surface area contributed by atoms with E-state index in [1.54, 1.807) is 0 Å². The monoisotopic (exact) mass is 392 g/mol. The normalized spacial score (nSPS) is 21.5. The fourth-order valence-corrected chi connectivity index (χ4v) is 4.50. The Kier molecular flexibility index (Phi) is 6.16. The van der Waals surface area contributed by atoms with Crippen LogP contribution in [0.4, 0.5) is 5.69 Å². The lowest BCUT2D eigenvalue weighted by Crippen LogP contribution is -2.54. The van der Waals surface area contributed by atoms with Crippen LogP contribution in [0.2, 0.25) is 0 Å². The Morgan fingerprint density at radius 1 is 0.931 bits per heavy atom. The van der Waals surface area contributed by atoms with Crippen LogP contribution in [-0.2, 0) is 0 Å². The molecule has 0 aromatic heterocycles. The van der Waals surface area contributed by atoms with Crippen LogP contribution in [0.3, 0.4) is 0 Å². The number of rotatable bonds is 6. The molecule has 2 unspecified atom stereocenters. The number of fused-ring (bicyclic) bond motifs is 1. The number of nitrogens with zero attached hydrogens (tertiary/aromatic N) is 3. The highest BCUT2D eigenvalue weighted by molar-refractivity contribution is 6.01. The Hall–Kier alpha value is -2.37. The van der Waals surface area contributed by atoms with Crippen LogP contribution in [0.1, 0.15) is 35.7 Å². The third-order valence-electron chi connectivity index (χ3n) is 6.29. The molecule has 2 aliphatic rings. The maximum atomic E-state index is 12.2. The molecule has 0 saturated carbocycles. The van der Waals surface area contributed by atoms with Gasteiger partial charge >= 0.3 is 0 Å². The molecular weight excluding hydrogens is 360 g/mol. The number of carbonyl (C=O) groups excluding carboxylic acids is 1. The molecule has 5 nitrogen and oxygen atoms in total. The van der Waals surface area contributed by atoms with Crippen LogP contribution in [0.15, 0.2) is 54.6 Å². The van der Waals surface area contributed by atoms with Crippen molar-refractivity contribution in [2.45, 2.75) is 25.9 Å². The number of carbonyl (C=O) groups is 1. The highest BCUT2D eigenvalue weighted by Gasteiger charge is 2.28. The van der Waals surface area contributed by atoms with E-state index in [-0.39, 0.29) is 12.1 Å². The summed E-state index contributed by atoms with van der Waals surface area (Å²) >= 11 is 0. The Labute approximate surface area is 174 Å². The highest BCUT2D eigenvalue weighted by atomic mass is 16.2. The SMILES string of the molecule is CC(CN1CCN(CCN2c3ccccc3C(=O)NC2C)CC1)c1ccccc1. The van der Waals surface area contributed by atoms with Crippen molar-refractivity contribution in [2.75, 3.05) is 50.7 Å². The molecule has 2 aromatic carbocycles. The summed E-state index contributed by atoms with van der Waals surface area (Å²) in [5, 5.41) is 3.08. The van der Waals surface area contributed by atoms with Crippen LogP contribution in [0.5, 0.6) is 0 Å². The van der Waals surface area contributed by atoms with E-state index in [9.17, 15) is 4.79 Å². The van der Waals surface area contributed by atoms with Gasteiger partial charge in [-0.1, -0.05) is 49.4 Å². The molecule has 5 heteroatoms. The summed E-state index contributed by atoms with van der Waals surface area (Å²) in [6, 6.07) is 18.7. The first-order valence-corrected chi connectivity index (χ1v) is 10.8. The van der Waals surface area contributed by atoms with Gasteiger partial charge in [0.15, 0.2) is 0 Å². The van der Waals surface area contributed by atoms with Crippen LogP contribution in [-0.4, -0.2) is 67.7 Å². The molecular formula is C24H32N4O. The molecule has 1 N–H and O–H groups in total. The smallest absolute Gasteiger partial charge is 0.254 e. The van der Waals surface area contributed by atoms with E-state index in [4.69, 9.17) is 0 Å². The second kappa shape index (κ2) is 8.97. The molecule has 4 rings (SSSR count). The van der Waals surface area contributed by atoms with E-state index in [0.717, 1.165) is 57.1 Å².